The van der Waals surface area contributed by atoms with E-state index in [1.807, 2.05) is 6.92 Å². The molecule has 4 rings (SSSR count). The van der Waals surface area contributed by atoms with Gasteiger partial charge in [0.2, 0.25) is 11.8 Å². The van der Waals surface area contributed by atoms with Gasteiger partial charge in [-0.3, -0.25) is 4.90 Å². The van der Waals surface area contributed by atoms with Crippen LogP contribution < -0.4 is 0 Å². The van der Waals surface area contributed by atoms with Gasteiger partial charge in [-0.1, -0.05) is 5.16 Å². The van der Waals surface area contributed by atoms with E-state index in [9.17, 15) is 0 Å². The SMILES string of the molecule is Cc1cnc(CN2CCC[C@H]2c2noc(C3CC3)n2)o1. The molecular weight excluding hydrogens is 256 g/mol. The molecule has 1 saturated heterocycles. The van der Waals surface area contributed by atoms with Gasteiger partial charge in [0.25, 0.3) is 0 Å². The number of likely N-dealkylation sites (tertiary alicyclic amines) is 1. The van der Waals surface area contributed by atoms with Crippen molar-refractivity contribution >= 4 is 0 Å². The van der Waals surface area contributed by atoms with E-state index in [1.165, 1.54) is 12.8 Å². The van der Waals surface area contributed by atoms with Gasteiger partial charge in [-0.2, -0.15) is 4.98 Å². The summed E-state index contributed by atoms with van der Waals surface area (Å²) in [7, 11) is 0. The number of hydrogen-bond donors (Lipinski definition) is 0. The largest absolute Gasteiger partial charge is 0.445 e. The Morgan fingerprint density at radius 3 is 3.00 bits per heavy atom. The van der Waals surface area contributed by atoms with E-state index in [1.54, 1.807) is 6.20 Å². The maximum Gasteiger partial charge on any atom is 0.229 e. The van der Waals surface area contributed by atoms with E-state index in [-0.39, 0.29) is 6.04 Å². The molecule has 0 aromatic carbocycles. The highest BCUT2D eigenvalue weighted by molar-refractivity contribution is 5.05. The summed E-state index contributed by atoms with van der Waals surface area (Å²) in [6.07, 6.45) is 6.36. The first-order chi connectivity index (χ1) is 9.79. The zero-order valence-corrected chi connectivity index (χ0v) is 11.6. The van der Waals surface area contributed by atoms with Crippen molar-refractivity contribution in [3.63, 3.8) is 0 Å². The summed E-state index contributed by atoms with van der Waals surface area (Å²) in [5.74, 6) is 3.78. The van der Waals surface area contributed by atoms with E-state index in [2.05, 4.69) is 20.0 Å². The van der Waals surface area contributed by atoms with Crippen molar-refractivity contribution in [2.45, 2.75) is 51.1 Å². The molecule has 0 N–H and O–H groups in total. The van der Waals surface area contributed by atoms with E-state index < -0.39 is 0 Å². The Kier molecular flexibility index (Phi) is 2.84. The third kappa shape index (κ3) is 2.24. The summed E-state index contributed by atoms with van der Waals surface area (Å²) >= 11 is 0. The van der Waals surface area contributed by atoms with Crippen molar-refractivity contribution in [3.05, 3.63) is 29.6 Å². The molecule has 2 fully saturated rings. The average Bonchev–Trinajstić information content (AvgIpc) is 2.87. The predicted octanol–water partition coefficient (Wildman–Crippen LogP) is 2.58. The molecule has 0 amide bonds. The van der Waals surface area contributed by atoms with E-state index in [4.69, 9.17) is 8.94 Å². The zero-order chi connectivity index (χ0) is 13.5. The normalized spacial score (nSPS) is 23.6. The van der Waals surface area contributed by atoms with Crippen LogP contribution in [0.3, 0.4) is 0 Å². The summed E-state index contributed by atoms with van der Waals surface area (Å²) in [4.78, 5) is 11.2. The number of hydrogen-bond acceptors (Lipinski definition) is 6. The Balaban J connectivity index is 1.50. The van der Waals surface area contributed by atoms with Crippen LogP contribution in [0, 0.1) is 6.92 Å². The molecule has 2 aromatic heterocycles. The van der Waals surface area contributed by atoms with Gasteiger partial charge in [0.05, 0.1) is 18.8 Å². The quantitative estimate of drug-likeness (QED) is 0.853. The molecule has 1 aliphatic carbocycles. The van der Waals surface area contributed by atoms with Gasteiger partial charge < -0.3 is 8.94 Å². The highest BCUT2D eigenvalue weighted by atomic mass is 16.5. The number of aromatic nitrogens is 3. The standard InChI is InChI=1S/C14H18N4O2/c1-9-7-15-12(19-9)8-18-6-2-3-11(18)13-16-14(20-17-13)10-4-5-10/h7,10-11H,2-6,8H2,1H3/t11-/m0/s1. The lowest BCUT2D eigenvalue weighted by Crippen LogP contribution is -2.23. The van der Waals surface area contributed by atoms with Crippen molar-refractivity contribution in [2.24, 2.45) is 0 Å². The molecule has 2 aromatic rings. The average molecular weight is 274 g/mol. The van der Waals surface area contributed by atoms with Crippen LogP contribution in [0.1, 0.15) is 61.0 Å². The molecule has 1 aliphatic heterocycles. The smallest absolute Gasteiger partial charge is 0.229 e. The molecule has 0 spiro atoms. The van der Waals surface area contributed by atoms with E-state index in [0.717, 1.165) is 42.8 Å². The second-order valence-electron chi connectivity index (χ2n) is 5.76. The Hall–Kier alpha value is -1.69. The predicted molar refractivity (Wildman–Crippen MR) is 69.9 cm³/mol. The fraction of sp³-hybridized carbons (Fsp3) is 0.643. The van der Waals surface area contributed by atoms with Crippen molar-refractivity contribution in [1.29, 1.82) is 0 Å². The van der Waals surface area contributed by atoms with Crippen molar-refractivity contribution in [1.82, 2.24) is 20.0 Å². The minimum absolute atomic E-state index is 0.235. The van der Waals surface area contributed by atoms with Gasteiger partial charge in [0.1, 0.15) is 5.76 Å². The molecule has 6 heteroatoms. The molecular formula is C14H18N4O2. The van der Waals surface area contributed by atoms with Crippen molar-refractivity contribution in [3.8, 4) is 0 Å². The second kappa shape index (κ2) is 4.70. The maximum absolute atomic E-state index is 5.57. The summed E-state index contributed by atoms with van der Waals surface area (Å²) < 4.78 is 10.9. The topological polar surface area (TPSA) is 68.2 Å². The third-order valence-corrected chi connectivity index (χ3v) is 4.05. The lowest BCUT2D eigenvalue weighted by Gasteiger charge is -2.19. The van der Waals surface area contributed by atoms with Gasteiger partial charge in [-0.05, 0) is 39.2 Å². The van der Waals surface area contributed by atoms with Crippen LogP contribution in [-0.2, 0) is 6.54 Å². The zero-order valence-electron chi connectivity index (χ0n) is 11.6. The first-order valence-corrected chi connectivity index (χ1v) is 7.28. The summed E-state index contributed by atoms with van der Waals surface area (Å²) in [5.41, 5.74) is 0. The van der Waals surface area contributed by atoms with Gasteiger partial charge in [-0.25, -0.2) is 4.98 Å². The van der Waals surface area contributed by atoms with Crippen LogP contribution >= 0.6 is 0 Å². The maximum atomic E-state index is 5.57. The minimum Gasteiger partial charge on any atom is -0.445 e. The van der Waals surface area contributed by atoms with E-state index in [0.29, 0.717) is 12.5 Å². The fourth-order valence-corrected chi connectivity index (χ4v) is 2.83. The third-order valence-electron chi connectivity index (χ3n) is 4.05. The Morgan fingerprint density at radius 2 is 2.25 bits per heavy atom. The molecule has 1 saturated carbocycles. The molecule has 3 heterocycles. The number of rotatable bonds is 4. The van der Waals surface area contributed by atoms with Crippen LogP contribution in [0.15, 0.2) is 15.1 Å². The molecule has 6 nitrogen and oxygen atoms in total. The monoisotopic (exact) mass is 274 g/mol. The highest BCUT2D eigenvalue weighted by Gasteiger charge is 2.34. The van der Waals surface area contributed by atoms with Crippen LogP contribution in [0.25, 0.3) is 0 Å². The van der Waals surface area contributed by atoms with Gasteiger partial charge in [-0.15, -0.1) is 0 Å². The molecule has 0 radical (unpaired) electrons. The highest BCUT2D eigenvalue weighted by Crippen LogP contribution is 2.40. The Morgan fingerprint density at radius 1 is 1.35 bits per heavy atom. The van der Waals surface area contributed by atoms with Gasteiger partial charge in [0.15, 0.2) is 5.82 Å². The molecule has 20 heavy (non-hydrogen) atoms. The molecule has 2 aliphatic rings. The first-order valence-electron chi connectivity index (χ1n) is 7.28. The van der Waals surface area contributed by atoms with Gasteiger partial charge in [0, 0.05) is 5.92 Å². The second-order valence-corrected chi connectivity index (χ2v) is 5.76. The van der Waals surface area contributed by atoms with Crippen molar-refractivity contribution in [2.75, 3.05) is 6.54 Å². The fourth-order valence-electron chi connectivity index (χ4n) is 2.83. The van der Waals surface area contributed by atoms with E-state index >= 15 is 0 Å². The van der Waals surface area contributed by atoms with Crippen LogP contribution in [0.2, 0.25) is 0 Å². The summed E-state index contributed by atoms with van der Waals surface area (Å²) in [6.45, 7) is 3.66. The summed E-state index contributed by atoms with van der Waals surface area (Å²) in [6, 6.07) is 0.235. The Labute approximate surface area is 117 Å². The number of oxazole rings is 1. The van der Waals surface area contributed by atoms with Crippen molar-refractivity contribution < 1.29 is 8.94 Å². The molecule has 0 bridgehead atoms. The van der Waals surface area contributed by atoms with Crippen LogP contribution in [0.4, 0.5) is 0 Å². The molecule has 106 valence electrons. The minimum atomic E-state index is 0.235. The lowest BCUT2D eigenvalue weighted by molar-refractivity contribution is 0.211. The first kappa shape index (κ1) is 12.1. The van der Waals surface area contributed by atoms with Crippen LogP contribution in [0.5, 0.6) is 0 Å². The number of aryl methyl sites for hydroxylation is 1. The number of nitrogens with zero attached hydrogens (tertiary/aromatic N) is 4. The van der Waals surface area contributed by atoms with Crippen LogP contribution in [-0.4, -0.2) is 26.6 Å². The Bertz CT molecular complexity index is 602. The lowest BCUT2D eigenvalue weighted by atomic mass is 10.2. The van der Waals surface area contributed by atoms with Gasteiger partial charge >= 0.3 is 0 Å². The molecule has 1 atom stereocenters. The summed E-state index contributed by atoms with van der Waals surface area (Å²) in [5, 5.41) is 4.18. The molecule has 0 unspecified atom stereocenters.